The van der Waals surface area contributed by atoms with Gasteiger partial charge in [-0.15, -0.1) is 0 Å². The number of carboxylic acids is 1. The molecule has 0 radical (unpaired) electrons. The van der Waals surface area contributed by atoms with Gasteiger partial charge in [-0.05, 0) is 36.2 Å². The van der Waals surface area contributed by atoms with Crippen molar-refractivity contribution in [2.24, 2.45) is 0 Å². The maximum absolute atomic E-state index is 10.9. The first-order valence-electron chi connectivity index (χ1n) is 6.17. The second kappa shape index (κ2) is 5.89. The minimum Gasteiger partial charge on any atom is -0.478 e. The van der Waals surface area contributed by atoms with Gasteiger partial charge in [-0.25, -0.2) is 4.79 Å². The van der Waals surface area contributed by atoms with Gasteiger partial charge < -0.3 is 10.4 Å². The van der Waals surface area contributed by atoms with Crippen LogP contribution in [-0.4, -0.2) is 11.1 Å². The molecule has 2 aromatic rings. The fourth-order valence-corrected chi connectivity index (χ4v) is 1.98. The van der Waals surface area contributed by atoms with E-state index in [1.54, 1.807) is 18.2 Å². The highest BCUT2D eigenvalue weighted by atomic mass is 16.4. The van der Waals surface area contributed by atoms with Crippen LogP contribution in [0.15, 0.2) is 42.5 Å². The zero-order valence-corrected chi connectivity index (χ0v) is 11.1. The highest BCUT2D eigenvalue weighted by molar-refractivity contribution is 5.87. The molecule has 0 fully saturated rings. The van der Waals surface area contributed by atoms with Crippen LogP contribution in [-0.2, 0) is 6.54 Å². The van der Waals surface area contributed by atoms with Crippen LogP contribution in [0.3, 0.4) is 0 Å². The first kappa shape index (κ1) is 13.6. The number of rotatable bonds is 4. The highest BCUT2D eigenvalue weighted by Crippen LogP contribution is 2.19. The molecule has 0 amide bonds. The van der Waals surface area contributed by atoms with Crippen molar-refractivity contribution in [3.05, 3.63) is 64.7 Å². The van der Waals surface area contributed by atoms with Crippen LogP contribution in [0.2, 0.25) is 0 Å². The number of nitrogens with zero attached hydrogens (tertiary/aromatic N) is 1. The van der Waals surface area contributed by atoms with Gasteiger partial charge in [0.15, 0.2) is 0 Å². The molecule has 0 unspecified atom stereocenters. The Bertz CT molecular complexity index is 687. The third-order valence-electron chi connectivity index (χ3n) is 3.04. The van der Waals surface area contributed by atoms with Crippen molar-refractivity contribution in [2.45, 2.75) is 13.5 Å². The molecule has 0 bridgehead atoms. The number of anilines is 1. The quantitative estimate of drug-likeness (QED) is 0.891. The Morgan fingerprint density at radius 2 is 2.05 bits per heavy atom. The molecule has 0 aromatic heterocycles. The molecule has 2 N–H and O–H groups in total. The first-order valence-corrected chi connectivity index (χ1v) is 6.17. The average Bonchev–Trinajstić information content (AvgIpc) is 2.45. The predicted octanol–water partition coefficient (Wildman–Crippen LogP) is 3.18. The lowest BCUT2D eigenvalue weighted by atomic mass is 10.1. The fraction of sp³-hybridized carbons (Fsp3) is 0.125. The SMILES string of the molecule is Cc1cccc(NCc2cccc(C(=O)O)c2)c1C#N. The number of nitriles is 1. The highest BCUT2D eigenvalue weighted by Gasteiger charge is 2.06. The standard InChI is InChI=1S/C16H14N2O2/c1-11-4-2-7-15(14(11)9-17)18-10-12-5-3-6-13(8-12)16(19)20/h2-8,18H,10H2,1H3,(H,19,20). The Morgan fingerprint density at radius 3 is 2.75 bits per heavy atom. The molecule has 100 valence electrons. The Labute approximate surface area is 117 Å². The molecule has 2 rings (SSSR count). The third-order valence-corrected chi connectivity index (χ3v) is 3.04. The molecule has 20 heavy (non-hydrogen) atoms. The van der Waals surface area contributed by atoms with Gasteiger partial charge in [-0.3, -0.25) is 0 Å². The van der Waals surface area contributed by atoms with E-state index in [1.807, 2.05) is 31.2 Å². The minimum absolute atomic E-state index is 0.258. The number of benzene rings is 2. The maximum atomic E-state index is 10.9. The fourth-order valence-electron chi connectivity index (χ4n) is 1.98. The number of carbonyl (C=O) groups is 1. The lowest BCUT2D eigenvalue weighted by Gasteiger charge is -2.10. The van der Waals surface area contributed by atoms with Crippen LogP contribution in [0.25, 0.3) is 0 Å². The number of carboxylic acid groups (broad SMARTS) is 1. The Hall–Kier alpha value is -2.80. The Kier molecular flexibility index (Phi) is 4.02. The summed E-state index contributed by atoms with van der Waals surface area (Å²) in [5.74, 6) is -0.944. The molecule has 0 aliphatic rings. The third kappa shape index (κ3) is 2.96. The topological polar surface area (TPSA) is 73.1 Å². The smallest absolute Gasteiger partial charge is 0.335 e. The monoisotopic (exact) mass is 266 g/mol. The summed E-state index contributed by atoms with van der Waals surface area (Å²) in [5, 5.41) is 21.3. The number of aryl methyl sites for hydroxylation is 1. The molecule has 2 aromatic carbocycles. The second-order valence-corrected chi connectivity index (χ2v) is 4.47. The number of hydrogen-bond donors (Lipinski definition) is 2. The van der Waals surface area contributed by atoms with Crippen LogP contribution in [0.4, 0.5) is 5.69 Å². The minimum atomic E-state index is -0.944. The summed E-state index contributed by atoms with van der Waals surface area (Å²) in [7, 11) is 0. The zero-order valence-electron chi connectivity index (χ0n) is 11.1. The van der Waals surface area contributed by atoms with Crippen LogP contribution in [0.1, 0.15) is 27.0 Å². The van der Waals surface area contributed by atoms with E-state index in [-0.39, 0.29) is 5.56 Å². The summed E-state index contributed by atoms with van der Waals surface area (Å²) in [6.07, 6.45) is 0. The van der Waals surface area contributed by atoms with Crippen molar-refractivity contribution < 1.29 is 9.90 Å². The molecule has 0 atom stereocenters. The summed E-state index contributed by atoms with van der Waals surface area (Å²) in [6.45, 7) is 2.36. The molecule has 0 spiro atoms. The van der Waals surface area contributed by atoms with E-state index in [2.05, 4.69) is 11.4 Å². The van der Waals surface area contributed by atoms with Crippen molar-refractivity contribution in [3.63, 3.8) is 0 Å². The maximum Gasteiger partial charge on any atom is 0.335 e. The molecule has 0 saturated carbocycles. The van der Waals surface area contributed by atoms with Gasteiger partial charge >= 0.3 is 5.97 Å². The Balaban J connectivity index is 2.17. The van der Waals surface area contributed by atoms with E-state index in [0.29, 0.717) is 12.1 Å². The summed E-state index contributed by atoms with van der Waals surface area (Å²) in [6, 6.07) is 14.5. The molecule has 0 aliphatic carbocycles. The lowest BCUT2D eigenvalue weighted by molar-refractivity contribution is 0.0697. The summed E-state index contributed by atoms with van der Waals surface area (Å²) in [4.78, 5) is 10.9. The van der Waals surface area contributed by atoms with Crippen LogP contribution >= 0.6 is 0 Å². The van der Waals surface area contributed by atoms with Crippen LogP contribution in [0.5, 0.6) is 0 Å². The average molecular weight is 266 g/mol. The molecule has 0 saturated heterocycles. The van der Waals surface area contributed by atoms with E-state index < -0.39 is 5.97 Å². The van der Waals surface area contributed by atoms with Crippen LogP contribution in [0, 0.1) is 18.3 Å². The van der Waals surface area contributed by atoms with Gasteiger partial charge in [0, 0.05) is 6.54 Å². The molecule has 4 nitrogen and oxygen atoms in total. The summed E-state index contributed by atoms with van der Waals surface area (Å²) in [5.41, 5.74) is 3.40. The van der Waals surface area contributed by atoms with Crippen LogP contribution < -0.4 is 5.32 Å². The van der Waals surface area contributed by atoms with Gasteiger partial charge in [0.25, 0.3) is 0 Å². The zero-order chi connectivity index (χ0) is 14.5. The number of nitrogens with one attached hydrogen (secondary N) is 1. The molecular formula is C16H14N2O2. The molecule has 0 heterocycles. The number of aromatic carboxylic acids is 1. The lowest BCUT2D eigenvalue weighted by Crippen LogP contribution is -2.04. The number of hydrogen-bond acceptors (Lipinski definition) is 3. The van der Waals surface area contributed by atoms with Crippen molar-refractivity contribution in [2.75, 3.05) is 5.32 Å². The summed E-state index contributed by atoms with van der Waals surface area (Å²) < 4.78 is 0. The van der Waals surface area contributed by atoms with E-state index in [0.717, 1.165) is 16.8 Å². The van der Waals surface area contributed by atoms with Crippen molar-refractivity contribution in [3.8, 4) is 6.07 Å². The van der Waals surface area contributed by atoms with Gasteiger partial charge in [0.1, 0.15) is 6.07 Å². The Morgan fingerprint density at radius 1 is 1.30 bits per heavy atom. The van der Waals surface area contributed by atoms with E-state index in [9.17, 15) is 4.79 Å². The predicted molar refractivity (Wildman–Crippen MR) is 76.6 cm³/mol. The van der Waals surface area contributed by atoms with E-state index >= 15 is 0 Å². The largest absolute Gasteiger partial charge is 0.478 e. The molecule has 4 heteroatoms. The van der Waals surface area contributed by atoms with Gasteiger partial charge in [-0.2, -0.15) is 5.26 Å². The molecule has 0 aliphatic heterocycles. The summed E-state index contributed by atoms with van der Waals surface area (Å²) >= 11 is 0. The van der Waals surface area contributed by atoms with Gasteiger partial charge in [0.2, 0.25) is 0 Å². The second-order valence-electron chi connectivity index (χ2n) is 4.47. The van der Waals surface area contributed by atoms with Crippen molar-refractivity contribution in [1.29, 1.82) is 5.26 Å². The first-order chi connectivity index (χ1) is 9.61. The van der Waals surface area contributed by atoms with Gasteiger partial charge in [0.05, 0.1) is 16.8 Å². The normalized spacial score (nSPS) is 9.80. The van der Waals surface area contributed by atoms with Crippen molar-refractivity contribution >= 4 is 11.7 Å². The van der Waals surface area contributed by atoms with E-state index in [4.69, 9.17) is 10.4 Å². The van der Waals surface area contributed by atoms with Gasteiger partial charge in [-0.1, -0.05) is 24.3 Å². The molecular weight excluding hydrogens is 252 g/mol. The van der Waals surface area contributed by atoms with E-state index in [1.165, 1.54) is 0 Å². The van der Waals surface area contributed by atoms with Crippen molar-refractivity contribution in [1.82, 2.24) is 0 Å².